The Kier molecular flexibility index (Phi) is 4.05. The minimum atomic E-state index is 1.20. The predicted molar refractivity (Wildman–Crippen MR) is 89.2 cm³/mol. The number of aromatic nitrogens is 1. The number of hydrogen-bond donors (Lipinski definition) is 0. The molecule has 1 saturated heterocycles. The van der Waals surface area contributed by atoms with E-state index in [2.05, 4.69) is 66.7 Å². The molecule has 2 heterocycles. The first-order valence-corrected chi connectivity index (χ1v) is 7.71. The Morgan fingerprint density at radius 3 is 2.38 bits per heavy atom. The first-order valence-electron chi connectivity index (χ1n) is 7.71. The highest BCUT2D eigenvalue weighted by Crippen LogP contribution is 2.24. The normalized spacial score (nSPS) is 15.0. The summed E-state index contributed by atoms with van der Waals surface area (Å²) >= 11 is 0. The molecule has 3 rings (SSSR count). The van der Waals surface area contributed by atoms with Crippen LogP contribution in [0.4, 0.5) is 5.69 Å². The van der Waals surface area contributed by atoms with Gasteiger partial charge in [-0.3, -0.25) is 0 Å². The van der Waals surface area contributed by atoms with Crippen LogP contribution in [0.1, 0.15) is 29.5 Å². The average Bonchev–Trinajstić information content (AvgIpc) is 3.02. The highest BCUT2D eigenvalue weighted by Gasteiger charge is 2.12. The van der Waals surface area contributed by atoms with Crippen molar-refractivity contribution in [1.82, 2.24) is 0 Å². The van der Waals surface area contributed by atoms with E-state index in [1.54, 1.807) is 0 Å². The fourth-order valence-corrected chi connectivity index (χ4v) is 2.83. The van der Waals surface area contributed by atoms with Crippen LogP contribution in [0.3, 0.4) is 0 Å². The van der Waals surface area contributed by atoms with Gasteiger partial charge in [-0.25, -0.2) is 4.57 Å². The van der Waals surface area contributed by atoms with Crippen LogP contribution in [0.25, 0.3) is 12.2 Å². The van der Waals surface area contributed by atoms with E-state index in [0.717, 1.165) is 0 Å². The van der Waals surface area contributed by atoms with Gasteiger partial charge in [0.25, 0.3) is 0 Å². The van der Waals surface area contributed by atoms with E-state index in [9.17, 15) is 0 Å². The van der Waals surface area contributed by atoms with Crippen molar-refractivity contribution in [2.45, 2.75) is 19.8 Å². The van der Waals surface area contributed by atoms with Crippen molar-refractivity contribution in [1.29, 1.82) is 0 Å². The number of nitrogens with zero attached hydrogens (tertiary/aromatic N) is 2. The van der Waals surface area contributed by atoms with Gasteiger partial charge in [-0.15, -0.1) is 0 Å². The SMILES string of the molecule is Cc1cc(N2CCCC2)ccc1/C=C/c1cc[n+](C)cc1. The van der Waals surface area contributed by atoms with Crippen molar-refractivity contribution in [2.75, 3.05) is 18.0 Å². The number of rotatable bonds is 3. The predicted octanol–water partition coefficient (Wildman–Crippen LogP) is 3.59. The zero-order valence-corrected chi connectivity index (χ0v) is 12.9. The summed E-state index contributed by atoms with van der Waals surface area (Å²) in [5.74, 6) is 0. The number of benzene rings is 1. The maximum absolute atomic E-state index is 2.48. The van der Waals surface area contributed by atoms with Crippen molar-refractivity contribution >= 4 is 17.8 Å². The lowest BCUT2D eigenvalue weighted by molar-refractivity contribution is -0.671. The smallest absolute Gasteiger partial charge is 0.169 e. The minimum absolute atomic E-state index is 1.20. The molecule has 21 heavy (non-hydrogen) atoms. The van der Waals surface area contributed by atoms with E-state index in [0.29, 0.717) is 0 Å². The van der Waals surface area contributed by atoms with Crippen molar-refractivity contribution in [3.63, 3.8) is 0 Å². The Hall–Kier alpha value is -2.09. The molecule has 1 aliphatic rings. The number of hydrogen-bond acceptors (Lipinski definition) is 1. The van der Waals surface area contributed by atoms with E-state index >= 15 is 0 Å². The van der Waals surface area contributed by atoms with Crippen molar-refractivity contribution in [3.8, 4) is 0 Å². The van der Waals surface area contributed by atoms with Crippen molar-refractivity contribution in [3.05, 3.63) is 59.4 Å². The lowest BCUT2D eigenvalue weighted by Crippen LogP contribution is -2.25. The number of pyridine rings is 1. The van der Waals surface area contributed by atoms with Gasteiger partial charge in [0.1, 0.15) is 7.05 Å². The third kappa shape index (κ3) is 3.33. The molecule has 1 aliphatic heterocycles. The largest absolute Gasteiger partial charge is 0.372 e. The molecule has 1 aromatic carbocycles. The lowest BCUT2D eigenvalue weighted by atomic mass is 10.1. The molecule has 0 atom stereocenters. The quantitative estimate of drug-likeness (QED) is 0.779. The summed E-state index contributed by atoms with van der Waals surface area (Å²) in [5, 5.41) is 0. The molecule has 0 unspecified atom stereocenters. The number of anilines is 1. The van der Waals surface area contributed by atoms with Crippen LogP contribution in [0.2, 0.25) is 0 Å². The Balaban J connectivity index is 1.77. The van der Waals surface area contributed by atoms with Gasteiger partial charge >= 0.3 is 0 Å². The second kappa shape index (κ2) is 6.13. The summed E-state index contributed by atoms with van der Waals surface area (Å²) in [6.45, 7) is 4.61. The molecule has 0 saturated carbocycles. The summed E-state index contributed by atoms with van der Waals surface area (Å²) in [7, 11) is 2.04. The van der Waals surface area contributed by atoms with Gasteiger partial charge in [0.05, 0.1) is 0 Å². The molecule has 0 aliphatic carbocycles. The maximum Gasteiger partial charge on any atom is 0.169 e. The summed E-state index contributed by atoms with van der Waals surface area (Å²) < 4.78 is 2.05. The van der Waals surface area contributed by atoms with Gasteiger partial charge in [-0.2, -0.15) is 0 Å². The fourth-order valence-electron chi connectivity index (χ4n) is 2.83. The second-order valence-corrected chi connectivity index (χ2v) is 5.87. The highest BCUT2D eigenvalue weighted by molar-refractivity contribution is 5.72. The lowest BCUT2D eigenvalue weighted by Gasteiger charge is -2.18. The third-order valence-electron chi connectivity index (χ3n) is 4.18. The van der Waals surface area contributed by atoms with E-state index in [1.807, 2.05) is 11.6 Å². The molecule has 1 aromatic heterocycles. The minimum Gasteiger partial charge on any atom is -0.372 e. The van der Waals surface area contributed by atoms with Crippen LogP contribution in [0, 0.1) is 6.92 Å². The molecule has 2 heteroatoms. The third-order valence-corrected chi connectivity index (χ3v) is 4.18. The monoisotopic (exact) mass is 279 g/mol. The van der Waals surface area contributed by atoms with Gasteiger partial charge < -0.3 is 4.90 Å². The highest BCUT2D eigenvalue weighted by atomic mass is 15.1. The van der Waals surface area contributed by atoms with E-state index < -0.39 is 0 Å². The molecular formula is C19H23N2+. The molecule has 0 bridgehead atoms. The molecule has 2 nitrogen and oxygen atoms in total. The van der Waals surface area contributed by atoms with Crippen LogP contribution in [-0.2, 0) is 7.05 Å². The molecule has 0 radical (unpaired) electrons. The van der Waals surface area contributed by atoms with Crippen molar-refractivity contribution in [2.24, 2.45) is 7.05 Å². The first kappa shape index (κ1) is 13.9. The van der Waals surface area contributed by atoms with Crippen LogP contribution < -0.4 is 9.47 Å². The summed E-state index contributed by atoms with van der Waals surface area (Å²) in [6.07, 6.45) is 11.2. The Morgan fingerprint density at radius 1 is 1.00 bits per heavy atom. The Labute approximate surface area is 127 Å². The molecule has 0 N–H and O–H groups in total. The fraction of sp³-hybridized carbons (Fsp3) is 0.316. The molecule has 0 amide bonds. The summed E-state index contributed by atoms with van der Waals surface area (Å²) in [6, 6.07) is 11.1. The zero-order chi connectivity index (χ0) is 14.7. The molecule has 2 aromatic rings. The Bertz CT molecular complexity index is 635. The van der Waals surface area contributed by atoms with Gasteiger partial charge in [0, 0.05) is 30.9 Å². The van der Waals surface area contributed by atoms with Gasteiger partial charge in [0.2, 0.25) is 0 Å². The van der Waals surface area contributed by atoms with Gasteiger partial charge in [-0.1, -0.05) is 18.2 Å². The topological polar surface area (TPSA) is 7.12 Å². The van der Waals surface area contributed by atoms with Crippen LogP contribution in [0.5, 0.6) is 0 Å². The van der Waals surface area contributed by atoms with E-state index in [4.69, 9.17) is 0 Å². The molecular weight excluding hydrogens is 256 g/mol. The van der Waals surface area contributed by atoms with Crippen LogP contribution >= 0.6 is 0 Å². The van der Waals surface area contributed by atoms with E-state index in [1.165, 1.54) is 48.3 Å². The summed E-state index contributed by atoms with van der Waals surface area (Å²) in [5.41, 5.74) is 5.24. The van der Waals surface area contributed by atoms with Gasteiger partial charge in [0.15, 0.2) is 12.4 Å². The van der Waals surface area contributed by atoms with Crippen LogP contribution in [-0.4, -0.2) is 13.1 Å². The Morgan fingerprint density at radius 2 is 1.71 bits per heavy atom. The average molecular weight is 279 g/mol. The van der Waals surface area contributed by atoms with Gasteiger partial charge in [-0.05, 0) is 48.6 Å². The second-order valence-electron chi connectivity index (χ2n) is 5.87. The number of aryl methyl sites for hydroxylation is 2. The standard InChI is InChI=1S/C19H23N2/c1-16-15-19(21-11-3-4-12-21)8-7-18(16)6-5-17-9-13-20(2)14-10-17/h5-10,13-15H,3-4,11-12H2,1-2H3/q+1. The van der Waals surface area contributed by atoms with Crippen LogP contribution in [0.15, 0.2) is 42.7 Å². The summed E-state index contributed by atoms with van der Waals surface area (Å²) in [4.78, 5) is 2.48. The van der Waals surface area contributed by atoms with Crippen molar-refractivity contribution < 1.29 is 4.57 Å². The molecule has 1 fully saturated rings. The van der Waals surface area contributed by atoms with E-state index in [-0.39, 0.29) is 0 Å². The maximum atomic E-state index is 2.48. The molecule has 0 spiro atoms. The molecule has 108 valence electrons. The zero-order valence-electron chi connectivity index (χ0n) is 12.9. The first-order chi connectivity index (χ1) is 10.2.